The van der Waals surface area contributed by atoms with Crippen LogP contribution >= 0.6 is 0 Å². The number of hydrogen-bond acceptors (Lipinski definition) is 4. The van der Waals surface area contributed by atoms with E-state index in [1.54, 1.807) is 0 Å². The molecule has 1 N–H and O–H groups in total. The molecule has 1 aromatic heterocycles. The molecule has 0 aliphatic rings. The molecule has 0 radical (unpaired) electrons. The number of pyridine rings is 1. The lowest BCUT2D eigenvalue weighted by atomic mass is 10.1. The summed E-state index contributed by atoms with van der Waals surface area (Å²) in [6, 6.07) is 6.12. The number of aromatic nitrogens is 1. The molecular formula is C16H22N2O2. The van der Waals surface area contributed by atoms with Gasteiger partial charge in [-0.05, 0) is 38.0 Å². The number of hydrogen-bond donors (Lipinski definition) is 1. The molecule has 1 heterocycles. The van der Waals surface area contributed by atoms with E-state index in [0.717, 1.165) is 34.6 Å². The summed E-state index contributed by atoms with van der Waals surface area (Å²) in [4.78, 5) is 4.66. The molecule has 2 rings (SSSR count). The molecule has 4 heteroatoms. The van der Waals surface area contributed by atoms with Gasteiger partial charge in [0.1, 0.15) is 5.82 Å². The van der Waals surface area contributed by atoms with Gasteiger partial charge in [0, 0.05) is 18.5 Å². The molecule has 20 heavy (non-hydrogen) atoms. The maximum atomic E-state index is 5.66. The molecule has 0 saturated carbocycles. The van der Waals surface area contributed by atoms with Gasteiger partial charge in [-0.25, -0.2) is 4.98 Å². The first kappa shape index (κ1) is 14.4. The summed E-state index contributed by atoms with van der Waals surface area (Å²) in [5.41, 5.74) is 2.12. The van der Waals surface area contributed by atoms with Crippen molar-refractivity contribution in [3.8, 4) is 11.5 Å². The van der Waals surface area contributed by atoms with Crippen LogP contribution in [0.4, 0.5) is 5.82 Å². The van der Waals surface area contributed by atoms with E-state index >= 15 is 0 Å². The van der Waals surface area contributed by atoms with E-state index in [-0.39, 0.29) is 0 Å². The van der Waals surface area contributed by atoms with Crippen molar-refractivity contribution >= 4 is 16.7 Å². The highest BCUT2D eigenvalue weighted by molar-refractivity contribution is 5.85. The summed E-state index contributed by atoms with van der Waals surface area (Å²) in [6.45, 7) is 7.29. The van der Waals surface area contributed by atoms with Crippen molar-refractivity contribution in [1.29, 1.82) is 0 Å². The number of nitrogens with one attached hydrogen (secondary N) is 1. The predicted octanol–water partition coefficient (Wildman–Crippen LogP) is 3.64. The number of benzene rings is 1. The Balaban J connectivity index is 2.60. The Hall–Kier alpha value is -1.97. The van der Waals surface area contributed by atoms with Crippen LogP contribution < -0.4 is 14.8 Å². The van der Waals surface area contributed by atoms with Crippen molar-refractivity contribution in [2.45, 2.75) is 27.2 Å². The summed E-state index contributed by atoms with van der Waals surface area (Å²) in [5, 5.41) is 4.22. The van der Waals surface area contributed by atoms with Crippen LogP contribution in [0.2, 0.25) is 0 Å². The van der Waals surface area contributed by atoms with E-state index < -0.39 is 0 Å². The van der Waals surface area contributed by atoms with Gasteiger partial charge in [0.15, 0.2) is 11.5 Å². The Morgan fingerprint density at radius 1 is 1.00 bits per heavy atom. The van der Waals surface area contributed by atoms with Crippen LogP contribution in [0, 0.1) is 0 Å². The van der Waals surface area contributed by atoms with Crippen LogP contribution in [0.5, 0.6) is 11.5 Å². The summed E-state index contributed by atoms with van der Waals surface area (Å²) in [6.07, 6.45) is 0.941. The maximum Gasteiger partial charge on any atom is 0.163 e. The van der Waals surface area contributed by atoms with E-state index in [9.17, 15) is 0 Å². The Labute approximate surface area is 120 Å². The van der Waals surface area contributed by atoms with Gasteiger partial charge in [-0.1, -0.05) is 6.92 Å². The first-order valence-electron chi connectivity index (χ1n) is 7.14. The molecule has 0 bridgehead atoms. The maximum absolute atomic E-state index is 5.66. The first-order valence-corrected chi connectivity index (χ1v) is 7.14. The molecule has 0 atom stereocenters. The quantitative estimate of drug-likeness (QED) is 0.873. The monoisotopic (exact) mass is 274 g/mol. The first-order chi connectivity index (χ1) is 9.73. The highest BCUT2D eigenvalue weighted by Gasteiger charge is 2.10. The lowest BCUT2D eigenvalue weighted by Crippen LogP contribution is -2.01. The summed E-state index contributed by atoms with van der Waals surface area (Å²) in [7, 11) is 1.89. The molecule has 0 fully saturated rings. The van der Waals surface area contributed by atoms with Gasteiger partial charge in [-0.2, -0.15) is 0 Å². The van der Waals surface area contributed by atoms with Gasteiger partial charge in [0.05, 0.1) is 18.7 Å². The Morgan fingerprint density at radius 2 is 1.65 bits per heavy atom. The second kappa shape index (κ2) is 6.46. The molecule has 0 spiro atoms. The van der Waals surface area contributed by atoms with Crippen molar-refractivity contribution in [1.82, 2.24) is 4.98 Å². The van der Waals surface area contributed by atoms with Gasteiger partial charge in [-0.3, -0.25) is 0 Å². The topological polar surface area (TPSA) is 43.4 Å². The van der Waals surface area contributed by atoms with Gasteiger partial charge >= 0.3 is 0 Å². The van der Waals surface area contributed by atoms with E-state index in [4.69, 9.17) is 9.47 Å². The minimum atomic E-state index is 0.609. The molecular weight excluding hydrogens is 252 g/mol. The third-order valence-electron chi connectivity index (χ3n) is 3.18. The number of aryl methyl sites for hydroxylation is 1. The molecule has 0 unspecified atom stereocenters. The fourth-order valence-electron chi connectivity index (χ4n) is 2.25. The van der Waals surface area contributed by atoms with E-state index in [1.807, 2.05) is 33.0 Å². The number of ether oxygens (including phenoxy) is 2. The highest BCUT2D eigenvalue weighted by Crippen LogP contribution is 2.33. The molecule has 4 nitrogen and oxygen atoms in total. The van der Waals surface area contributed by atoms with Crippen LogP contribution in [0.1, 0.15) is 26.3 Å². The van der Waals surface area contributed by atoms with Crippen LogP contribution in [-0.2, 0) is 6.42 Å². The molecule has 108 valence electrons. The third-order valence-corrected chi connectivity index (χ3v) is 3.18. The summed E-state index contributed by atoms with van der Waals surface area (Å²) >= 11 is 0. The van der Waals surface area contributed by atoms with E-state index in [2.05, 4.69) is 23.3 Å². The minimum Gasteiger partial charge on any atom is -0.490 e. The lowest BCUT2D eigenvalue weighted by Gasteiger charge is -2.14. The number of anilines is 1. The van der Waals surface area contributed by atoms with Crippen LogP contribution in [0.25, 0.3) is 10.9 Å². The van der Waals surface area contributed by atoms with Gasteiger partial charge in [0.25, 0.3) is 0 Å². The smallest absolute Gasteiger partial charge is 0.163 e. The zero-order valence-electron chi connectivity index (χ0n) is 12.6. The van der Waals surface area contributed by atoms with Gasteiger partial charge in [-0.15, -0.1) is 0 Å². The van der Waals surface area contributed by atoms with Crippen molar-refractivity contribution in [2.24, 2.45) is 0 Å². The molecule has 0 amide bonds. The molecule has 1 aromatic carbocycles. The molecule has 0 aliphatic carbocycles. The average molecular weight is 274 g/mol. The van der Waals surface area contributed by atoms with E-state index in [1.165, 1.54) is 5.56 Å². The minimum absolute atomic E-state index is 0.609. The fourth-order valence-corrected chi connectivity index (χ4v) is 2.25. The lowest BCUT2D eigenvalue weighted by molar-refractivity contribution is 0.288. The van der Waals surface area contributed by atoms with Crippen molar-refractivity contribution in [2.75, 3.05) is 25.6 Å². The third kappa shape index (κ3) is 2.79. The summed E-state index contributed by atoms with van der Waals surface area (Å²) < 4.78 is 11.3. The standard InChI is InChI=1S/C16H22N2O2/c1-5-11-8-12-9-14(19-6-2)15(20-7-3)10-13(12)18-16(11)17-4/h8-10H,5-7H2,1-4H3,(H,17,18). The van der Waals surface area contributed by atoms with Crippen molar-refractivity contribution in [3.05, 3.63) is 23.8 Å². The highest BCUT2D eigenvalue weighted by atomic mass is 16.5. The second-order valence-electron chi connectivity index (χ2n) is 4.46. The second-order valence-corrected chi connectivity index (χ2v) is 4.46. The molecule has 2 aromatic rings. The zero-order chi connectivity index (χ0) is 14.5. The Kier molecular flexibility index (Phi) is 4.66. The van der Waals surface area contributed by atoms with Crippen LogP contribution in [0.3, 0.4) is 0 Å². The normalized spacial score (nSPS) is 10.6. The number of nitrogens with zero attached hydrogens (tertiary/aromatic N) is 1. The Morgan fingerprint density at radius 3 is 2.20 bits per heavy atom. The predicted molar refractivity (Wildman–Crippen MR) is 83.0 cm³/mol. The van der Waals surface area contributed by atoms with Crippen molar-refractivity contribution in [3.63, 3.8) is 0 Å². The Bertz CT molecular complexity index is 544. The van der Waals surface area contributed by atoms with Crippen molar-refractivity contribution < 1.29 is 9.47 Å². The zero-order valence-corrected chi connectivity index (χ0v) is 12.6. The van der Waals surface area contributed by atoms with Crippen LogP contribution in [-0.4, -0.2) is 25.2 Å². The summed E-state index contributed by atoms with van der Waals surface area (Å²) in [5.74, 6) is 2.45. The molecule has 0 aliphatic heterocycles. The number of fused-ring (bicyclic) bond motifs is 1. The molecule has 0 saturated heterocycles. The fraction of sp³-hybridized carbons (Fsp3) is 0.438. The largest absolute Gasteiger partial charge is 0.490 e. The van der Waals surface area contributed by atoms with Crippen LogP contribution in [0.15, 0.2) is 18.2 Å². The van der Waals surface area contributed by atoms with Gasteiger partial charge in [0.2, 0.25) is 0 Å². The number of rotatable bonds is 6. The van der Waals surface area contributed by atoms with Gasteiger partial charge < -0.3 is 14.8 Å². The average Bonchev–Trinajstić information content (AvgIpc) is 2.47. The SMILES string of the molecule is CCOc1cc2cc(CC)c(NC)nc2cc1OCC. The van der Waals surface area contributed by atoms with E-state index in [0.29, 0.717) is 13.2 Å².